The lowest BCUT2D eigenvalue weighted by atomic mass is 10.0. The first-order chi connectivity index (χ1) is 14.6. The van der Waals surface area contributed by atoms with Crippen molar-refractivity contribution in [2.75, 3.05) is 26.2 Å². The second-order valence-electron chi connectivity index (χ2n) is 7.05. The van der Waals surface area contributed by atoms with Crippen LogP contribution in [0.25, 0.3) is 0 Å². The molecule has 1 atom stereocenters. The molecule has 0 bridgehead atoms. The fraction of sp³-hybridized carbons (Fsp3) is 0.381. The first-order valence-corrected chi connectivity index (χ1v) is 10.2. The molecule has 1 unspecified atom stereocenters. The van der Waals surface area contributed by atoms with Crippen LogP contribution < -0.4 is 4.74 Å². The number of nitrogens with zero attached hydrogens (tertiary/aromatic N) is 1. The Hall–Kier alpha value is -2.00. The summed E-state index contributed by atoms with van der Waals surface area (Å²) >= 11 is 12.1. The van der Waals surface area contributed by atoms with Crippen molar-refractivity contribution in [2.45, 2.75) is 25.3 Å². The van der Waals surface area contributed by atoms with E-state index >= 15 is 0 Å². The van der Waals surface area contributed by atoms with E-state index in [2.05, 4.69) is 0 Å². The zero-order valence-electron chi connectivity index (χ0n) is 16.3. The van der Waals surface area contributed by atoms with Crippen LogP contribution >= 0.6 is 23.2 Å². The van der Waals surface area contributed by atoms with Crippen molar-refractivity contribution >= 4 is 29.2 Å². The quantitative estimate of drug-likeness (QED) is 0.575. The lowest BCUT2D eigenvalue weighted by Gasteiger charge is -2.33. The van der Waals surface area contributed by atoms with E-state index in [1.165, 1.54) is 12.1 Å². The molecule has 0 saturated carbocycles. The van der Waals surface area contributed by atoms with E-state index in [0.29, 0.717) is 47.4 Å². The Kier molecular flexibility index (Phi) is 7.69. The fourth-order valence-electron chi connectivity index (χ4n) is 3.28. The number of morpholine rings is 1. The van der Waals surface area contributed by atoms with E-state index in [1.807, 2.05) is 4.90 Å². The highest BCUT2D eigenvalue weighted by atomic mass is 35.5. The second-order valence-corrected chi connectivity index (χ2v) is 7.86. The van der Waals surface area contributed by atoms with Gasteiger partial charge in [-0.05, 0) is 29.8 Å². The number of aliphatic carboxylic acids is 1. The normalized spacial score (nSPS) is 17.5. The van der Waals surface area contributed by atoms with Crippen molar-refractivity contribution < 1.29 is 32.5 Å². The number of benzene rings is 2. The summed E-state index contributed by atoms with van der Waals surface area (Å²) in [6.45, 7) is 1.22. The van der Waals surface area contributed by atoms with E-state index in [-0.39, 0.29) is 18.8 Å². The van der Waals surface area contributed by atoms with Gasteiger partial charge in [-0.3, -0.25) is 9.69 Å². The van der Waals surface area contributed by atoms with Gasteiger partial charge in [-0.1, -0.05) is 35.3 Å². The molecular formula is C21H20Cl2F3NO4. The molecule has 10 heteroatoms. The number of carboxylic acid groups (broad SMARTS) is 1. The molecule has 0 radical (unpaired) electrons. The summed E-state index contributed by atoms with van der Waals surface area (Å²) in [6.07, 6.45) is -5.29. The summed E-state index contributed by atoms with van der Waals surface area (Å²) in [5, 5.41) is 9.44. The number of hydrogen-bond acceptors (Lipinski definition) is 4. The van der Waals surface area contributed by atoms with Crippen molar-refractivity contribution in [2.24, 2.45) is 0 Å². The van der Waals surface area contributed by atoms with Gasteiger partial charge in [0.2, 0.25) is 0 Å². The van der Waals surface area contributed by atoms with Gasteiger partial charge in [0.15, 0.2) is 0 Å². The first kappa shape index (κ1) is 23.7. The average Bonchev–Trinajstić information content (AvgIpc) is 2.71. The lowest BCUT2D eigenvalue weighted by molar-refractivity contribution is -0.140. The van der Waals surface area contributed by atoms with Gasteiger partial charge in [0.25, 0.3) is 0 Å². The van der Waals surface area contributed by atoms with Gasteiger partial charge >= 0.3 is 12.1 Å². The summed E-state index contributed by atoms with van der Waals surface area (Å²) in [5.74, 6) is -1.27. The van der Waals surface area contributed by atoms with Gasteiger partial charge in [0.1, 0.15) is 12.4 Å². The number of ether oxygens (including phenoxy) is 2. The molecule has 1 saturated heterocycles. The van der Waals surface area contributed by atoms with Crippen LogP contribution in [0.4, 0.5) is 13.2 Å². The zero-order chi connectivity index (χ0) is 22.6. The molecule has 168 valence electrons. The maximum Gasteiger partial charge on any atom is 0.419 e. The van der Waals surface area contributed by atoms with E-state index in [4.69, 9.17) is 37.8 Å². The van der Waals surface area contributed by atoms with E-state index < -0.39 is 23.8 Å². The van der Waals surface area contributed by atoms with Gasteiger partial charge in [-0.25, -0.2) is 0 Å². The predicted octanol–water partition coefficient (Wildman–Crippen LogP) is 5.44. The Morgan fingerprint density at radius 2 is 1.94 bits per heavy atom. The number of carbonyl (C=O) groups is 1. The summed E-state index contributed by atoms with van der Waals surface area (Å²) in [6, 6.07) is 8.57. The Morgan fingerprint density at radius 1 is 1.23 bits per heavy atom. The Morgan fingerprint density at radius 3 is 2.58 bits per heavy atom. The zero-order valence-corrected chi connectivity index (χ0v) is 17.8. The third-order valence-corrected chi connectivity index (χ3v) is 5.62. The molecule has 1 N–H and O–H groups in total. The van der Waals surface area contributed by atoms with Gasteiger partial charge in [-0.15, -0.1) is 0 Å². The molecule has 5 nitrogen and oxygen atoms in total. The monoisotopic (exact) mass is 477 g/mol. The van der Waals surface area contributed by atoms with Gasteiger partial charge in [0.05, 0.1) is 24.7 Å². The smallest absolute Gasteiger partial charge is 0.419 e. The van der Waals surface area contributed by atoms with E-state index in [0.717, 1.165) is 6.07 Å². The maximum absolute atomic E-state index is 13.7. The van der Waals surface area contributed by atoms with Gasteiger partial charge in [0, 0.05) is 35.2 Å². The topological polar surface area (TPSA) is 59.0 Å². The highest BCUT2D eigenvalue weighted by Crippen LogP contribution is 2.39. The van der Waals surface area contributed by atoms with Crippen molar-refractivity contribution in [3.63, 3.8) is 0 Å². The Bertz CT molecular complexity index is 919. The fourth-order valence-corrected chi connectivity index (χ4v) is 3.78. The van der Waals surface area contributed by atoms with Crippen LogP contribution in [0.15, 0.2) is 36.4 Å². The molecule has 0 aliphatic carbocycles. The highest BCUT2D eigenvalue weighted by molar-refractivity contribution is 6.35. The molecule has 3 rings (SSSR count). The summed E-state index contributed by atoms with van der Waals surface area (Å²) in [4.78, 5) is 12.6. The molecule has 0 aromatic heterocycles. The maximum atomic E-state index is 13.7. The minimum absolute atomic E-state index is 0.0437. The second kappa shape index (κ2) is 10.1. The van der Waals surface area contributed by atoms with Crippen LogP contribution in [-0.2, 0) is 22.3 Å². The summed E-state index contributed by atoms with van der Waals surface area (Å²) in [5.41, 5.74) is -0.192. The number of hydrogen-bond donors (Lipinski definition) is 1. The molecule has 31 heavy (non-hydrogen) atoms. The standard InChI is InChI=1S/C21H20Cl2F3NO4/c22-16-2-1-3-17(23)14(16)12-31-18-5-4-13(10-15(18)21(24,25)26)19-11-27(8-9-30-19)7-6-20(28)29/h1-5,10,19H,6-9,11-12H2,(H,28,29). The summed E-state index contributed by atoms with van der Waals surface area (Å²) in [7, 11) is 0. The molecule has 1 fully saturated rings. The molecule has 0 spiro atoms. The highest BCUT2D eigenvalue weighted by Gasteiger charge is 2.36. The van der Waals surface area contributed by atoms with Crippen molar-refractivity contribution in [1.82, 2.24) is 4.90 Å². The minimum atomic E-state index is -4.65. The molecular weight excluding hydrogens is 458 g/mol. The Labute approximate surface area is 187 Å². The van der Waals surface area contributed by atoms with Gasteiger partial charge in [-0.2, -0.15) is 13.2 Å². The largest absolute Gasteiger partial charge is 0.488 e. The van der Waals surface area contributed by atoms with Gasteiger partial charge < -0.3 is 14.6 Å². The molecule has 1 aliphatic rings. The number of carboxylic acids is 1. The lowest BCUT2D eigenvalue weighted by Crippen LogP contribution is -2.39. The van der Waals surface area contributed by atoms with E-state index in [1.54, 1.807) is 18.2 Å². The third kappa shape index (κ3) is 6.26. The molecule has 2 aromatic rings. The number of rotatable bonds is 7. The van der Waals surface area contributed by atoms with Crippen LogP contribution in [0.5, 0.6) is 5.75 Å². The molecule has 1 aliphatic heterocycles. The average molecular weight is 478 g/mol. The van der Waals surface area contributed by atoms with Crippen LogP contribution in [0, 0.1) is 0 Å². The van der Waals surface area contributed by atoms with Crippen molar-refractivity contribution in [3.8, 4) is 5.75 Å². The molecule has 2 aromatic carbocycles. The number of alkyl halides is 3. The minimum Gasteiger partial charge on any atom is -0.488 e. The van der Waals surface area contributed by atoms with Crippen molar-refractivity contribution in [3.05, 3.63) is 63.1 Å². The number of halogens is 5. The van der Waals surface area contributed by atoms with Crippen LogP contribution in [0.1, 0.15) is 29.2 Å². The van der Waals surface area contributed by atoms with E-state index in [9.17, 15) is 18.0 Å². The molecule has 0 amide bonds. The first-order valence-electron chi connectivity index (χ1n) is 9.47. The van der Waals surface area contributed by atoms with Crippen LogP contribution in [0.3, 0.4) is 0 Å². The molecule has 1 heterocycles. The predicted molar refractivity (Wildman–Crippen MR) is 110 cm³/mol. The SMILES string of the molecule is O=C(O)CCN1CCOC(c2ccc(OCc3c(Cl)cccc3Cl)c(C(F)(F)F)c2)C1. The Balaban J connectivity index is 1.79. The third-order valence-electron chi connectivity index (χ3n) is 4.91. The van der Waals surface area contributed by atoms with Crippen LogP contribution in [-0.4, -0.2) is 42.2 Å². The summed E-state index contributed by atoms with van der Waals surface area (Å²) < 4.78 is 52.2. The van der Waals surface area contributed by atoms with Crippen LogP contribution in [0.2, 0.25) is 10.0 Å². The van der Waals surface area contributed by atoms with Crippen molar-refractivity contribution in [1.29, 1.82) is 0 Å².